The van der Waals surface area contributed by atoms with E-state index in [2.05, 4.69) is 10.3 Å². The minimum atomic E-state index is -0.0400. The summed E-state index contributed by atoms with van der Waals surface area (Å²) in [5.41, 5.74) is 8.56. The van der Waals surface area contributed by atoms with Gasteiger partial charge in [0.15, 0.2) is 0 Å². The Morgan fingerprint density at radius 1 is 1.11 bits per heavy atom. The number of carbonyl (C=O) groups excluding carboxylic acids is 2. The first kappa shape index (κ1) is 16.4. The molecule has 0 saturated carbocycles. The summed E-state index contributed by atoms with van der Waals surface area (Å²) in [6, 6.07) is 6.01. The van der Waals surface area contributed by atoms with E-state index in [1.165, 1.54) is 0 Å². The van der Waals surface area contributed by atoms with Crippen molar-refractivity contribution in [1.29, 1.82) is 0 Å². The molecule has 1 aromatic carbocycles. The molecule has 1 fully saturated rings. The number of anilines is 1. The van der Waals surface area contributed by atoms with Crippen molar-refractivity contribution in [2.45, 2.75) is 39.5 Å². The van der Waals surface area contributed by atoms with Gasteiger partial charge in [0.2, 0.25) is 0 Å². The fourth-order valence-corrected chi connectivity index (χ4v) is 4.82. The highest BCUT2D eigenvalue weighted by Crippen LogP contribution is 2.45. The van der Waals surface area contributed by atoms with Gasteiger partial charge in [-0.1, -0.05) is 18.2 Å². The number of aromatic amines is 1. The second-order valence-electron chi connectivity index (χ2n) is 7.78. The molecule has 0 bridgehead atoms. The van der Waals surface area contributed by atoms with E-state index in [9.17, 15) is 9.59 Å². The monoisotopic (exact) mass is 361 g/mol. The lowest BCUT2D eigenvalue weighted by molar-refractivity contribution is -0.110. The standard InChI is InChI=1S/C22H23N3O2/c1-12-6-5-7-14-18(21(26)24-19(12)14)16-9-8-15-17(13(2)23-20(15)16)22(27)25-10-3-4-11-25/h5-7,23H,3-4,8-11H2,1-2H3,(H,24,26)/b18-16-. The molecule has 0 unspecified atom stereocenters. The Morgan fingerprint density at radius 2 is 1.89 bits per heavy atom. The van der Waals surface area contributed by atoms with Gasteiger partial charge >= 0.3 is 0 Å². The number of aryl methyl sites for hydroxylation is 2. The van der Waals surface area contributed by atoms with Crippen molar-refractivity contribution in [3.05, 3.63) is 51.8 Å². The van der Waals surface area contributed by atoms with Crippen LogP contribution in [0.2, 0.25) is 0 Å². The lowest BCUT2D eigenvalue weighted by Gasteiger charge is -2.15. The highest BCUT2D eigenvalue weighted by atomic mass is 16.2. The van der Waals surface area contributed by atoms with Crippen LogP contribution in [-0.2, 0) is 11.2 Å². The van der Waals surface area contributed by atoms with Crippen LogP contribution in [0.1, 0.15) is 57.7 Å². The largest absolute Gasteiger partial charge is 0.358 e. The minimum Gasteiger partial charge on any atom is -0.358 e. The molecule has 5 nitrogen and oxygen atoms in total. The number of hydrogen-bond acceptors (Lipinski definition) is 2. The zero-order chi connectivity index (χ0) is 18.7. The molecule has 3 heterocycles. The lowest BCUT2D eigenvalue weighted by atomic mass is 9.98. The number of H-pyrrole nitrogens is 1. The lowest BCUT2D eigenvalue weighted by Crippen LogP contribution is -2.28. The van der Waals surface area contributed by atoms with Crippen molar-refractivity contribution in [2.24, 2.45) is 0 Å². The van der Waals surface area contributed by atoms with Crippen LogP contribution in [0.5, 0.6) is 0 Å². The van der Waals surface area contributed by atoms with Crippen molar-refractivity contribution >= 4 is 28.6 Å². The Labute approximate surface area is 158 Å². The topological polar surface area (TPSA) is 65.2 Å². The van der Waals surface area contributed by atoms with E-state index in [0.29, 0.717) is 0 Å². The van der Waals surface area contributed by atoms with Crippen LogP contribution in [-0.4, -0.2) is 34.8 Å². The number of hydrogen-bond donors (Lipinski definition) is 2. The summed E-state index contributed by atoms with van der Waals surface area (Å²) < 4.78 is 0. The normalized spacial score (nSPS) is 20.8. The number of rotatable bonds is 1. The Bertz CT molecular complexity index is 1020. The summed E-state index contributed by atoms with van der Waals surface area (Å²) in [6.45, 7) is 5.68. The number of allylic oxidation sites excluding steroid dienone is 1. The average Bonchev–Trinajstić information content (AvgIpc) is 3.38. The molecule has 138 valence electrons. The van der Waals surface area contributed by atoms with Crippen molar-refractivity contribution < 1.29 is 9.59 Å². The maximum absolute atomic E-state index is 13.0. The third kappa shape index (κ3) is 2.30. The summed E-state index contributed by atoms with van der Waals surface area (Å²) >= 11 is 0. The Hall–Kier alpha value is -2.82. The summed E-state index contributed by atoms with van der Waals surface area (Å²) in [5.74, 6) is 0.0997. The van der Waals surface area contributed by atoms with E-state index in [1.807, 2.05) is 36.9 Å². The molecule has 2 amide bonds. The van der Waals surface area contributed by atoms with Crippen molar-refractivity contribution in [3.8, 4) is 0 Å². The third-order valence-electron chi connectivity index (χ3n) is 6.13. The number of nitrogens with zero attached hydrogens (tertiary/aromatic N) is 1. The molecule has 0 radical (unpaired) electrons. The van der Waals surface area contributed by atoms with Crippen LogP contribution in [0, 0.1) is 13.8 Å². The van der Waals surface area contributed by atoms with Crippen molar-refractivity contribution in [2.75, 3.05) is 18.4 Å². The molecule has 2 aromatic rings. The van der Waals surface area contributed by atoms with Gasteiger partial charge in [0, 0.05) is 30.0 Å². The van der Waals surface area contributed by atoms with Crippen LogP contribution in [0.3, 0.4) is 0 Å². The number of carbonyl (C=O) groups is 2. The molecule has 0 atom stereocenters. The van der Waals surface area contributed by atoms with E-state index in [-0.39, 0.29) is 11.8 Å². The summed E-state index contributed by atoms with van der Waals surface area (Å²) in [4.78, 5) is 31.2. The predicted molar refractivity (Wildman–Crippen MR) is 106 cm³/mol. The van der Waals surface area contributed by atoms with Gasteiger partial charge in [0.05, 0.1) is 16.8 Å². The quantitative estimate of drug-likeness (QED) is 0.761. The van der Waals surface area contributed by atoms with E-state index >= 15 is 0 Å². The number of para-hydroxylation sites is 1. The average molecular weight is 361 g/mol. The van der Waals surface area contributed by atoms with E-state index in [0.717, 1.165) is 89.2 Å². The fourth-order valence-electron chi connectivity index (χ4n) is 4.82. The predicted octanol–water partition coefficient (Wildman–Crippen LogP) is 3.68. The molecule has 1 aliphatic carbocycles. The molecule has 2 aliphatic heterocycles. The smallest absolute Gasteiger partial charge is 0.256 e. The van der Waals surface area contributed by atoms with Crippen LogP contribution >= 0.6 is 0 Å². The Balaban J connectivity index is 1.64. The van der Waals surface area contributed by atoms with Gasteiger partial charge < -0.3 is 15.2 Å². The van der Waals surface area contributed by atoms with E-state index in [4.69, 9.17) is 0 Å². The van der Waals surface area contributed by atoms with Crippen LogP contribution in [0.4, 0.5) is 5.69 Å². The molecule has 27 heavy (non-hydrogen) atoms. The van der Waals surface area contributed by atoms with Gasteiger partial charge in [0.25, 0.3) is 11.8 Å². The molecule has 1 saturated heterocycles. The molecule has 3 aliphatic rings. The minimum absolute atomic E-state index is 0.0400. The second kappa shape index (κ2) is 5.84. The van der Waals surface area contributed by atoms with Gasteiger partial charge in [-0.25, -0.2) is 0 Å². The third-order valence-corrected chi connectivity index (χ3v) is 6.13. The first-order valence-corrected chi connectivity index (χ1v) is 9.72. The van der Waals surface area contributed by atoms with Gasteiger partial charge in [0.1, 0.15) is 0 Å². The maximum Gasteiger partial charge on any atom is 0.256 e. The number of fused-ring (bicyclic) bond motifs is 2. The maximum atomic E-state index is 13.0. The second-order valence-corrected chi connectivity index (χ2v) is 7.78. The molecular weight excluding hydrogens is 338 g/mol. The van der Waals surface area contributed by atoms with Crippen molar-refractivity contribution in [1.82, 2.24) is 9.88 Å². The van der Waals surface area contributed by atoms with Gasteiger partial charge in [-0.15, -0.1) is 0 Å². The number of amides is 2. The zero-order valence-electron chi connectivity index (χ0n) is 15.7. The molecule has 2 N–H and O–H groups in total. The molecular formula is C22H23N3O2. The van der Waals surface area contributed by atoms with Crippen LogP contribution in [0.15, 0.2) is 18.2 Å². The highest BCUT2D eigenvalue weighted by Gasteiger charge is 2.35. The van der Waals surface area contributed by atoms with Gasteiger partial charge in [-0.05, 0) is 56.2 Å². The Kier molecular flexibility index (Phi) is 3.54. The van der Waals surface area contributed by atoms with E-state index in [1.54, 1.807) is 0 Å². The summed E-state index contributed by atoms with van der Waals surface area (Å²) in [6.07, 6.45) is 3.77. The van der Waals surface area contributed by atoms with Crippen molar-refractivity contribution in [3.63, 3.8) is 0 Å². The molecule has 0 spiro atoms. The SMILES string of the molecule is Cc1cccc2c1NC(=O)/C2=C1/CCc2c1[nH]c(C)c2C(=O)N1CCCC1. The Morgan fingerprint density at radius 3 is 2.67 bits per heavy atom. The number of nitrogens with one attached hydrogen (secondary N) is 2. The molecule has 1 aromatic heterocycles. The first-order chi connectivity index (χ1) is 13.1. The van der Waals surface area contributed by atoms with Gasteiger partial charge in [-0.3, -0.25) is 9.59 Å². The fraction of sp³-hybridized carbons (Fsp3) is 0.364. The summed E-state index contributed by atoms with van der Waals surface area (Å²) in [5, 5.41) is 3.03. The number of likely N-dealkylation sites (tertiary alicyclic amines) is 1. The number of benzene rings is 1. The molecule has 5 heteroatoms. The molecule has 5 rings (SSSR count). The zero-order valence-corrected chi connectivity index (χ0v) is 15.7. The van der Waals surface area contributed by atoms with Gasteiger partial charge in [-0.2, -0.15) is 0 Å². The van der Waals surface area contributed by atoms with Crippen LogP contribution in [0.25, 0.3) is 11.1 Å². The summed E-state index contributed by atoms with van der Waals surface area (Å²) in [7, 11) is 0. The first-order valence-electron chi connectivity index (χ1n) is 9.72. The highest BCUT2D eigenvalue weighted by molar-refractivity contribution is 6.37. The van der Waals surface area contributed by atoms with E-state index < -0.39 is 0 Å². The van der Waals surface area contributed by atoms with Crippen LogP contribution < -0.4 is 5.32 Å². The number of aromatic nitrogens is 1.